The summed E-state index contributed by atoms with van der Waals surface area (Å²) in [4.78, 5) is 50.8. The molecule has 32 heavy (non-hydrogen) atoms. The fourth-order valence-electron chi connectivity index (χ4n) is 2.69. The summed E-state index contributed by atoms with van der Waals surface area (Å²) in [6.07, 6.45) is -3.52. The first-order valence-corrected chi connectivity index (χ1v) is 10.5. The number of hydrogen-bond donors (Lipinski definition) is 0. The molecule has 0 heterocycles. The Balaban J connectivity index is 3.28. The molecule has 0 aliphatic rings. The number of nitrogens with zero attached hydrogens (tertiary/aromatic N) is 1. The summed E-state index contributed by atoms with van der Waals surface area (Å²) in [6.45, 7) is 7.18. The van der Waals surface area contributed by atoms with Gasteiger partial charge in [0.15, 0.2) is 0 Å². The molecule has 0 N–H and O–H groups in total. The van der Waals surface area contributed by atoms with Crippen molar-refractivity contribution in [1.82, 2.24) is 4.90 Å². The molecule has 0 aliphatic heterocycles. The van der Waals surface area contributed by atoms with Crippen LogP contribution in [0, 0.1) is 0 Å². The Labute approximate surface area is 192 Å². The van der Waals surface area contributed by atoms with Gasteiger partial charge >= 0.3 is 17.9 Å². The molecule has 1 aromatic rings. The van der Waals surface area contributed by atoms with Gasteiger partial charge in [-0.15, -0.1) is 11.6 Å². The number of rotatable bonds is 10. The summed E-state index contributed by atoms with van der Waals surface area (Å²) in [6, 6.07) is 6.96. The molecule has 0 spiro atoms. The van der Waals surface area contributed by atoms with Gasteiger partial charge in [-0.3, -0.25) is 14.4 Å². The van der Waals surface area contributed by atoms with Crippen molar-refractivity contribution in [3.05, 3.63) is 29.8 Å². The SMILES string of the molecule is COc1ccc(CN(CCCl)C(=O)[C@H](OC(C)=O)[C@@H](OC(C)=O)C(=O)OC(C)(C)C)cc1. The summed E-state index contributed by atoms with van der Waals surface area (Å²) >= 11 is 5.88. The molecule has 2 atom stereocenters. The second kappa shape index (κ2) is 12.3. The predicted octanol–water partition coefficient (Wildman–Crippen LogP) is 2.47. The summed E-state index contributed by atoms with van der Waals surface area (Å²) in [5.41, 5.74) is -0.190. The van der Waals surface area contributed by atoms with Crippen LogP contribution in [-0.2, 0) is 39.9 Å². The number of methoxy groups -OCH3 is 1. The van der Waals surface area contributed by atoms with Gasteiger partial charge in [0, 0.05) is 32.8 Å². The Morgan fingerprint density at radius 1 is 0.969 bits per heavy atom. The van der Waals surface area contributed by atoms with Gasteiger partial charge in [-0.05, 0) is 38.5 Å². The Morgan fingerprint density at radius 3 is 1.94 bits per heavy atom. The highest BCUT2D eigenvalue weighted by molar-refractivity contribution is 6.18. The third-order valence-electron chi connectivity index (χ3n) is 3.94. The van der Waals surface area contributed by atoms with Crippen LogP contribution < -0.4 is 4.74 Å². The van der Waals surface area contributed by atoms with Crippen molar-refractivity contribution in [3.63, 3.8) is 0 Å². The topological polar surface area (TPSA) is 108 Å². The van der Waals surface area contributed by atoms with Crippen LogP contribution in [0.5, 0.6) is 5.75 Å². The van der Waals surface area contributed by atoms with Crippen molar-refractivity contribution in [2.24, 2.45) is 0 Å². The summed E-state index contributed by atoms with van der Waals surface area (Å²) in [5.74, 6) is -2.72. The van der Waals surface area contributed by atoms with Crippen LogP contribution in [0.25, 0.3) is 0 Å². The molecule has 0 fully saturated rings. The van der Waals surface area contributed by atoms with Crippen molar-refractivity contribution in [3.8, 4) is 5.75 Å². The van der Waals surface area contributed by atoms with E-state index >= 15 is 0 Å². The van der Waals surface area contributed by atoms with E-state index in [4.69, 9.17) is 30.5 Å². The molecule has 0 saturated heterocycles. The Kier molecular flexibility index (Phi) is 10.5. The van der Waals surface area contributed by atoms with Crippen LogP contribution in [0.2, 0.25) is 0 Å². The average molecular weight is 472 g/mol. The van der Waals surface area contributed by atoms with Gasteiger partial charge in [-0.25, -0.2) is 4.79 Å². The molecule has 1 aromatic carbocycles. The molecule has 10 heteroatoms. The normalized spacial score (nSPS) is 12.8. The molecule has 0 saturated carbocycles. The summed E-state index contributed by atoms with van der Waals surface area (Å²) in [5, 5.41) is 0. The molecule has 1 rings (SSSR count). The largest absolute Gasteiger partial charge is 0.497 e. The van der Waals surface area contributed by atoms with Gasteiger partial charge in [0.1, 0.15) is 11.4 Å². The van der Waals surface area contributed by atoms with Crippen LogP contribution in [0.1, 0.15) is 40.2 Å². The minimum Gasteiger partial charge on any atom is -0.497 e. The first-order valence-electron chi connectivity index (χ1n) is 9.93. The van der Waals surface area contributed by atoms with Gasteiger partial charge in [0.25, 0.3) is 5.91 Å². The van der Waals surface area contributed by atoms with E-state index in [2.05, 4.69) is 0 Å². The Bertz CT molecular complexity index is 803. The van der Waals surface area contributed by atoms with Gasteiger partial charge in [-0.2, -0.15) is 0 Å². The number of amides is 1. The zero-order valence-corrected chi connectivity index (χ0v) is 19.9. The van der Waals surface area contributed by atoms with E-state index in [1.54, 1.807) is 45.0 Å². The van der Waals surface area contributed by atoms with E-state index in [0.717, 1.165) is 19.4 Å². The highest BCUT2D eigenvalue weighted by Crippen LogP contribution is 2.19. The fraction of sp³-hybridized carbons (Fsp3) is 0.545. The summed E-state index contributed by atoms with van der Waals surface area (Å²) in [7, 11) is 1.54. The van der Waals surface area contributed by atoms with Crippen molar-refractivity contribution < 1.29 is 38.1 Å². The number of esters is 3. The molecule has 0 radical (unpaired) electrons. The maximum atomic E-state index is 13.4. The Hall–Kier alpha value is -2.81. The van der Waals surface area contributed by atoms with Crippen molar-refractivity contribution in [2.75, 3.05) is 19.5 Å². The number of carbonyl (C=O) groups excluding carboxylic acids is 4. The maximum Gasteiger partial charge on any atom is 0.352 e. The molecule has 9 nitrogen and oxygen atoms in total. The first-order chi connectivity index (χ1) is 14.9. The number of alkyl halides is 1. The van der Waals surface area contributed by atoms with Crippen LogP contribution in [0.4, 0.5) is 0 Å². The van der Waals surface area contributed by atoms with Crippen LogP contribution in [0.15, 0.2) is 24.3 Å². The van der Waals surface area contributed by atoms with E-state index in [1.165, 1.54) is 12.0 Å². The van der Waals surface area contributed by atoms with Gasteiger partial charge in [-0.1, -0.05) is 12.1 Å². The lowest BCUT2D eigenvalue weighted by Gasteiger charge is -2.31. The lowest BCUT2D eigenvalue weighted by molar-refractivity contribution is -0.191. The van der Waals surface area contributed by atoms with Gasteiger partial charge in [0.05, 0.1) is 7.11 Å². The lowest BCUT2D eigenvalue weighted by atomic mass is 10.1. The fourth-order valence-corrected chi connectivity index (χ4v) is 2.90. The number of ether oxygens (including phenoxy) is 4. The highest BCUT2D eigenvalue weighted by atomic mass is 35.5. The number of hydrogen-bond acceptors (Lipinski definition) is 8. The molecule has 0 bridgehead atoms. The zero-order valence-electron chi connectivity index (χ0n) is 19.2. The molecular weight excluding hydrogens is 442 g/mol. The number of benzene rings is 1. The number of halogens is 1. The molecule has 1 amide bonds. The molecule has 0 aromatic heterocycles. The van der Waals surface area contributed by atoms with E-state index in [-0.39, 0.29) is 19.0 Å². The molecular formula is C22H30ClNO8. The third kappa shape index (κ3) is 9.13. The van der Waals surface area contributed by atoms with Crippen molar-refractivity contribution in [2.45, 2.75) is 59.0 Å². The average Bonchev–Trinajstić information content (AvgIpc) is 2.68. The lowest BCUT2D eigenvalue weighted by Crippen LogP contribution is -2.52. The second-order valence-corrected chi connectivity index (χ2v) is 8.27. The van der Waals surface area contributed by atoms with E-state index in [1.807, 2.05) is 0 Å². The van der Waals surface area contributed by atoms with Crippen LogP contribution in [0.3, 0.4) is 0 Å². The third-order valence-corrected chi connectivity index (χ3v) is 4.11. The van der Waals surface area contributed by atoms with Crippen LogP contribution in [-0.4, -0.2) is 66.1 Å². The van der Waals surface area contributed by atoms with E-state index in [0.29, 0.717) is 5.75 Å². The van der Waals surface area contributed by atoms with Crippen molar-refractivity contribution >= 4 is 35.4 Å². The zero-order chi connectivity index (χ0) is 24.5. The highest BCUT2D eigenvalue weighted by Gasteiger charge is 2.43. The second-order valence-electron chi connectivity index (χ2n) is 7.89. The van der Waals surface area contributed by atoms with Gasteiger partial charge < -0.3 is 23.8 Å². The van der Waals surface area contributed by atoms with E-state index in [9.17, 15) is 19.2 Å². The molecule has 0 unspecified atom stereocenters. The monoisotopic (exact) mass is 471 g/mol. The van der Waals surface area contributed by atoms with Gasteiger partial charge in [0.2, 0.25) is 12.2 Å². The predicted molar refractivity (Wildman–Crippen MR) is 116 cm³/mol. The first kappa shape index (κ1) is 27.2. The summed E-state index contributed by atoms with van der Waals surface area (Å²) < 4.78 is 20.6. The minimum absolute atomic E-state index is 0.0827. The van der Waals surface area contributed by atoms with Crippen molar-refractivity contribution in [1.29, 1.82) is 0 Å². The standard InChI is InChI=1S/C22H30ClNO8/c1-14(25)30-18(19(31-15(2)26)21(28)32-22(3,4)5)20(27)24(12-11-23)13-16-7-9-17(29-6)10-8-16/h7-10,18-19H,11-13H2,1-6H3/t18-,19-/m1/s1. The Morgan fingerprint density at radius 2 is 1.50 bits per heavy atom. The smallest absolute Gasteiger partial charge is 0.352 e. The quantitative estimate of drug-likeness (QED) is 0.291. The molecule has 178 valence electrons. The van der Waals surface area contributed by atoms with Crippen LogP contribution >= 0.6 is 11.6 Å². The minimum atomic E-state index is -1.78. The maximum absolute atomic E-state index is 13.4. The number of carbonyl (C=O) groups is 4. The van der Waals surface area contributed by atoms with E-state index < -0.39 is 41.6 Å². The molecule has 0 aliphatic carbocycles.